The highest BCUT2D eigenvalue weighted by molar-refractivity contribution is 5.05. The molecule has 1 heterocycles. The summed E-state index contributed by atoms with van der Waals surface area (Å²) < 4.78 is 5.38. The lowest BCUT2D eigenvalue weighted by atomic mass is 9.71. The van der Waals surface area contributed by atoms with Crippen LogP contribution in [0.3, 0.4) is 0 Å². The van der Waals surface area contributed by atoms with Crippen molar-refractivity contribution in [2.24, 2.45) is 11.7 Å². The minimum Gasteiger partial charge on any atom is -0.381 e. The van der Waals surface area contributed by atoms with Crippen molar-refractivity contribution in [3.8, 4) is 0 Å². The van der Waals surface area contributed by atoms with Gasteiger partial charge in [0.15, 0.2) is 0 Å². The van der Waals surface area contributed by atoms with Crippen LogP contribution < -0.4 is 5.73 Å². The van der Waals surface area contributed by atoms with Gasteiger partial charge in [0.2, 0.25) is 0 Å². The number of methoxy groups -OCH3 is 1. The number of piperidine rings is 1. The fourth-order valence-corrected chi connectivity index (χ4v) is 3.13. The van der Waals surface area contributed by atoms with Gasteiger partial charge >= 0.3 is 0 Å². The second kappa shape index (κ2) is 4.40. The Kier molecular flexibility index (Phi) is 3.33. The molecule has 2 fully saturated rings. The highest BCUT2D eigenvalue weighted by atomic mass is 16.5. The second-order valence-electron chi connectivity index (χ2n) is 5.39. The smallest absolute Gasteiger partial charge is 0.0607 e. The van der Waals surface area contributed by atoms with Gasteiger partial charge in [-0.1, -0.05) is 6.92 Å². The number of nitrogens with two attached hydrogens (primary N) is 1. The first-order valence-electron chi connectivity index (χ1n) is 6.18. The summed E-state index contributed by atoms with van der Waals surface area (Å²) in [6.45, 7) is 5.61. The molecule has 3 nitrogen and oxygen atoms in total. The van der Waals surface area contributed by atoms with Crippen molar-refractivity contribution in [2.75, 3.05) is 26.7 Å². The number of rotatable bonds is 3. The van der Waals surface area contributed by atoms with E-state index in [0.29, 0.717) is 6.10 Å². The summed E-state index contributed by atoms with van der Waals surface area (Å²) in [5, 5.41) is 0. The Hall–Kier alpha value is -0.120. The molecule has 15 heavy (non-hydrogen) atoms. The van der Waals surface area contributed by atoms with E-state index in [4.69, 9.17) is 10.5 Å². The first-order chi connectivity index (χ1) is 7.20. The van der Waals surface area contributed by atoms with E-state index in [2.05, 4.69) is 11.8 Å². The molecule has 0 amide bonds. The number of hydrogen-bond acceptors (Lipinski definition) is 3. The summed E-state index contributed by atoms with van der Waals surface area (Å²) in [6.07, 6.45) is 5.43. The topological polar surface area (TPSA) is 38.5 Å². The lowest BCUT2D eigenvalue weighted by Gasteiger charge is -2.55. The Morgan fingerprint density at radius 3 is 2.73 bits per heavy atom. The maximum atomic E-state index is 5.96. The molecular formula is C12H24N2O. The highest BCUT2D eigenvalue weighted by Crippen LogP contribution is 2.40. The minimum absolute atomic E-state index is 0.273. The van der Waals surface area contributed by atoms with Gasteiger partial charge in [-0.05, 0) is 38.1 Å². The van der Waals surface area contributed by atoms with E-state index >= 15 is 0 Å². The Bertz CT molecular complexity index is 214. The zero-order chi connectivity index (χ0) is 10.9. The molecule has 1 aliphatic carbocycles. The fraction of sp³-hybridized carbons (Fsp3) is 1.00. The van der Waals surface area contributed by atoms with Crippen LogP contribution in [0.2, 0.25) is 0 Å². The van der Waals surface area contributed by atoms with Gasteiger partial charge in [0.1, 0.15) is 0 Å². The monoisotopic (exact) mass is 212 g/mol. The molecule has 88 valence electrons. The largest absolute Gasteiger partial charge is 0.381 e. The zero-order valence-corrected chi connectivity index (χ0v) is 10.0. The second-order valence-corrected chi connectivity index (χ2v) is 5.39. The summed E-state index contributed by atoms with van der Waals surface area (Å²) in [7, 11) is 1.81. The van der Waals surface area contributed by atoms with Crippen molar-refractivity contribution < 1.29 is 4.74 Å². The Morgan fingerprint density at radius 2 is 2.20 bits per heavy atom. The van der Waals surface area contributed by atoms with Crippen LogP contribution >= 0.6 is 0 Å². The zero-order valence-electron chi connectivity index (χ0n) is 10.0. The van der Waals surface area contributed by atoms with E-state index in [9.17, 15) is 0 Å². The van der Waals surface area contributed by atoms with Gasteiger partial charge in [0, 0.05) is 25.7 Å². The molecule has 1 unspecified atom stereocenters. The molecule has 2 rings (SSSR count). The van der Waals surface area contributed by atoms with E-state index < -0.39 is 0 Å². The van der Waals surface area contributed by atoms with Crippen LogP contribution in [0.5, 0.6) is 0 Å². The van der Waals surface area contributed by atoms with Gasteiger partial charge in [0.25, 0.3) is 0 Å². The van der Waals surface area contributed by atoms with Gasteiger partial charge in [-0.3, -0.25) is 4.90 Å². The summed E-state index contributed by atoms with van der Waals surface area (Å²) in [5.74, 6) is 0.837. The summed E-state index contributed by atoms with van der Waals surface area (Å²) >= 11 is 0. The molecule has 2 aliphatic rings. The van der Waals surface area contributed by atoms with Crippen molar-refractivity contribution in [1.82, 2.24) is 4.90 Å². The average molecular weight is 212 g/mol. The third kappa shape index (κ3) is 2.05. The van der Waals surface area contributed by atoms with Crippen LogP contribution in [0.15, 0.2) is 0 Å². The number of nitrogens with zero attached hydrogens (tertiary/aromatic N) is 1. The lowest BCUT2D eigenvalue weighted by molar-refractivity contribution is -0.0977. The minimum atomic E-state index is 0.273. The average Bonchev–Trinajstić information content (AvgIpc) is 2.18. The highest BCUT2D eigenvalue weighted by Gasteiger charge is 2.48. The predicted molar refractivity (Wildman–Crippen MR) is 61.8 cm³/mol. The third-order valence-corrected chi connectivity index (χ3v) is 4.26. The van der Waals surface area contributed by atoms with E-state index in [0.717, 1.165) is 25.3 Å². The lowest BCUT2D eigenvalue weighted by Crippen LogP contribution is -2.65. The molecule has 0 spiro atoms. The molecule has 0 aromatic rings. The van der Waals surface area contributed by atoms with Gasteiger partial charge in [-0.2, -0.15) is 0 Å². The van der Waals surface area contributed by atoms with Crippen LogP contribution in [0.25, 0.3) is 0 Å². The molecule has 0 aromatic carbocycles. The molecule has 1 saturated heterocycles. The van der Waals surface area contributed by atoms with E-state index in [1.165, 1.54) is 25.9 Å². The maximum Gasteiger partial charge on any atom is 0.0607 e. The van der Waals surface area contributed by atoms with Crippen molar-refractivity contribution in [2.45, 2.75) is 44.2 Å². The van der Waals surface area contributed by atoms with Crippen molar-refractivity contribution in [3.05, 3.63) is 0 Å². The van der Waals surface area contributed by atoms with Crippen LogP contribution in [-0.4, -0.2) is 43.3 Å². The predicted octanol–water partition coefficient (Wildman–Crippen LogP) is 1.22. The number of ether oxygens (including phenoxy) is 1. The molecule has 0 radical (unpaired) electrons. The van der Waals surface area contributed by atoms with E-state index in [-0.39, 0.29) is 5.54 Å². The molecule has 0 bridgehead atoms. The molecule has 2 N–H and O–H groups in total. The van der Waals surface area contributed by atoms with E-state index in [1.807, 2.05) is 7.11 Å². The Labute approximate surface area is 93.0 Å². The van der Waals surface area contributed by atoms with Crippen LogP contribution in [0.4, 0.5) is 0 Å². The molecule has 3 heteroatoms. The van der Waals surface area contributed by atoms with Crippen LogP contribution in [0, 0.1) is 5.92 Å². The standard InChI is InChI=1S/C12H24N2O/c1-10-4-3-5-14(8-10)12(9-13)6-11(7-12)15-2/h10-11H,3-9,13H2,1-2H3. The normalized spacial score (nSPS) is 42.6. The van der Waals surface area contributed by atoms with Crippen molar-refractivity contribution in [3.63, 3.8) is 0 Å². The molecule has 1 atom stereocenters. The quantitative estimate of drug-likeness (QED) is 0.764. The van der Waals surface area contributed by atoms with Crippen LogP contribution in [0.1, 0.15) is 32.6 Å². The fourth-order valence-electron chi connectivity index (χ4n) is 3.13. The number of hydrogen-bond donors (Lipinski definition) is 1. The Morgan fingerprint density at radius 1 is 1.47 bits per heavy atom. The van der Waals surface area contributed by atoms with Crippen molar-refractivity contribution in [1.29, 1.82) is 0 Å². The molecule has 1 aliphatic heterocycles. The van der Waals surface area contributed by atoms with Crippen LogP contribution in [-0.2, 0) is 4.74 Å². The van der Waals surface area contributed by atoms with Gasteiger partial charge < -0.3 is 10.5 Å². The van der Waals surface area contributed by atoms with Crippen molar-refractivity contribution >= 4 is 0 Å². The van der Waals surface area contributed by atoms with E-state index in [1.54, 1.807) is 0 Å². The number of likely N-dealkylation sites (tertiary alicyclic amines) is 1. The van der Waals surface area contributed by atoms with Gasteiger partial charge in [-0.25, -0.2) is 0 Å². The van der Waals surface area contributed by atoms with Gasteiger partial charge in [-0.15, -0.1) is 0 Å². The summed E-state index contributed by atoms with van der Waals surface area (Å²) in [4.78, 5) is 2.62. The third-order valence-electron chi connectivity index (χ3n) is 4.26. The van der Waals surface area contributed by atoms with Gasteiger partial charge in [0.05, 0.1) is 6.10 Å². The molecule has 1 saturated carbocycles. The molecular weight excluding hydrogens is 188 g/mol. The molecule has 0 aromatic heterocycles. The SMILES string of the molecule is COC1CC(CN)(N2CCCC(C)C2)C1. The maximum absolute atomic E-state index is 5.96. The summed E-state index contributed by atoms with van der Waals surface area (Å²) in [6, 6.07) is 0. The summed E-state index contributed by atoms with van der Waals surface area (Å²) in [5.41, 5.74) is 6.24. The first-order valence-corrected chi connectivity index (χ1v) is 6.18. The Balaban J connectivity index is 1.95. The first kappa shape index (κ1) is 11.4.